The Labute approximate surface area is 199 Å². The summed E-state index contributed by atoms with van der Waals surface area (Å²) >= 11 is 0. The van der Waals surface area contributed by atoms with Gasteiger partial charge in [0.05, 0.1) is 23.3 Å². The van der Waals surface area contributed by atoms with Gasteiger partial charge in [0, 0.05) is 30.6 Å². The molecule has 0 saturated heterocycles. The highest BCUT2D eigenvalue weighted by Crippen LogP contribution is 2.27. The van der Waals surface area contributed by atoms with Gasteiger partial charge in [0.2, 0.25) is 11.5 Å². The number of carbonyl (C=O) groups excluding carboxylic acids is 2. The highest BCUT2D eigenvalue weighted by Gasteiger charge is 2.20. The number of anilines is 2. The molecule has 1 saturated carbocycles. The molecule has 1 aliphatic carbocycles. The highest BCUT2D eigenvalue weighted by atomic mass is 19.1. The lowest BCUT2D eigenvalue weighted by atomic mass is 10.1. The Kier molecular flexibility index (Phi) is 5.89. The normalized spacial score (nSPS) is 13.8. The Balaban J connectivity index is 1.35. The van der Waals surface area contributed by atoms with Crippen LogP contribution in [-0.2, 0) is 4.74 Å². The minimum Gasteiger partial charge on any atom is -0.446 e. The van der Waals surface area contributed by atoms with Crippen molar-refractivity contribution in [3.8, 4) is 11.3 Å². The fourth-order valence-electron chi connectivity index (χ4n) is 4.11. The molecule has 180 valence electrons. The number of benzene rings is 1. The maximum Gasteiger partial charge on any atom is 0.411 e. The minimum atomic E-state index is -0.537. The number of hydrogen-bond acceptors (Lipinski definition) is 7. The van der Waals surface area contributed by atoms with Gasteiger partial charge in [-0.2, -0.15) is 0 Å². The van der Waals surface area contributed by atoms with Crippen molar-refractivity contribution in [1.82, 2.24) is 19.4 Å². The summed E-state index contributed by atoms with van der Waals surface area (Å²) in [5.41, 5.74) is 1.73. The number of fused-ring (bicyclic) bond motifs is 1. The molecule has 11 heteroatoms. The first-order valence-electron chi connectivity index (χ1n) is 11.2. The molecule has 4 aromatic rings. The molecule has 10 nitrogen and oxygen atoms in total. The molecule has 0 unspecified atom stereocenters. The average Bonchev–Trinajstić information content (AvgIpc) is 3.54. The SMILES string of the molecule is Cc1nc(C)c(C(=O)Nc2ccc(F)c(-c3cn4cc(NC(=O)OC5CCCC5)cnc4n3)c2)o1. The van der Waals surface area contributed by atoms with Crippen molar-refractivity contribution in [1.29, 1.82) is 0 Å². The van der Waals surface area contributed by atoms with Crippen LogP contribution in [0, 0.1) is 19.7 Å². The minimum absolute atomic E-state index is 0.0562. The zero-order valence-electron chi connectivity index (χ0n) is 19.2. The van der Waals surface area contributed by atoms with Crippen LogP contribution in [0.15, 0.2) is 41.2 Å². The van der Waals surface area contributed by atoms with Crippen molar-refractivity contribution in [3.05, 3.63) is 60.0 Å². The van der Waals surface area contributed by atoms with Gasteiger partial charge < -0.3 is 14.5 Å². The van der Waals surface area contributed by atoms with Gasteiger partial charge in [-0.3, -0.25) is 14.5 Å². The van der Waals surface area contributed by atoms with Crippen LogP contribution in [0.2, 0.25) is 0 Å². The van der Waals surface area contributed by atoms with Crippen LogP contribution < -0.4 is 10.6 Å². The van der Waals surface area contributed by atoms with Crippen molar-refractivity contribution >= 4 is 29.2 Å². The number of nitrogens with zero attached hydrogens (tertiary/aromatic N) is 4. The summed E-state index contributed by atoms with van der Waals surface area (Å²) in [6.07, 6.45) is 7.93. The van der Waals surface area contributed by atoms with Gasteiger partial charge in [-0.25, -0.2) is 24.1 Å². The monoisotopic (exact) mass is 478 g/mol. The van der Waals surface area contributed by atoms with Gasteiger partial charge in [-0.15, -0.1) is 0 Å². The van der Waals surface area contributed by atoms with E-state index in [0.29, 0.717) is 34.4 Å². The fraction of sp³-hybridized carbons (Fsp3) is 0.292. The Bertz CT molecular complexity index is 1420. The molecule has 0 radical (unpaired) electrons. The molecule has 35 heavy (non-hydrogen) atoms. The quantitative estimate of drug-likeness (QED) is 0.419. The van der Waals surface area contributed by atoms with Crippen LogP contribution in [0.4, 0.5) is 20.6 Å². The lowest BCUT2D eigenvalue weighted by Gasteiger charge is -2.12. The van der Waals surface area contributed by atoms with E-state index in [1.807, 2.05) is 0 Å². The molecule has 0 aliphatic heterocycles. The second kappa shape index (κ2) is 9.16. The van der Waals surface area contributed by atoms with Crippen molar-refractivity contribution in [2.75, 3.05) is 10.6 Å². The molecule has 0 atom stereocenters. The van der Waals surface area contributed by atoms with Crippen LogP contribution in [0.25, 0.3) is 17.0 Å². The summed E-state index contributed by atoms with van der Waals surface area (Å²) in [5, 5.41) is 5.36. The highest BCUT2D eigenvalue weighted by molar-refractivity contribution is 6.03. The van der Waals surface area contributed by atoms with Gasteiger partial charge in [0.1, 0.15) is 11.9 Å². The Morgan fingerprint density at radius 1 is 1.11 bits per heavy atom. The van der Waals surface area contributed by atoms with E-state index in [4.69, 9.17) is 9.15 Å². The second-order valence-electron chi connectivity index (χ2n) is 8.41. The molecule has 2 N–H and O–H groups in total. The van der Waals surface area contributed by atoms with E-state index >= 15 is 0 Å². The summed E-state index contributed by atoms with van der Waals surface area (Å²) in [6, 6.07) is 4.17. The van der Waals surface area contributed by atoms with E-state index in [-0.39, 0.29) is 17.4 Å². The molecule has 5 rings (SSSR count). The summed E-state index contributed by atoms with van der Waals surface area (Å²) in [5.74, 6) is -0.215. The number of rotatable bonds is 5. The van der Waals surface area contributed by atoms with E-state index < -0.39 is 17.8 Å². The van der Waals surface area contributed by atoms with Gasteiger partial charge in [0.15, 0.2) is 5.89 Å². The molecule has 0 spiro atoms. The third kappa shape index (κ3) is 4.84. The van der Waals surface area contributed by atoms with E-state index in [2.05, 4.69) is 25.6 Å². The Hall–Kier alpha value is -4.28. The predicted octanol–water partition coefficient (Wildman–Crippen LogP) is 4.88. The summed E-state index contributed by atoms with van der Waals surface area (Å²) in [6.45, 7) is 3.32. The first-order valence-corrected chi connectivity index (χ1v) is 11.2. The first kappa shape index (κ1) is 22.5. The van der Waals surface area contributed by atoms with Crippen molar-refractivity contribution in [3.63, 3.8) is 0 Å². The summed E-state index contributed by atoms with van der Waals surface area (Å²) < 4.78 is 27.0. The molecule has 2 amide bonds. The number of oxazole rings is 1. The zero-order valence-corrected chi connectivity index (χ0v) is 19.2. The van der Waals surface area contributed by atoms with Crippen molar-refractivity contribution < 1.29 is 23.1 Å². The summed E-state index contributed by atoms with van der Waals surface area (Å²) in [7, 11) is 0. The van der Waals surface area contributed by atoms with E-state index in [0.717, 1.165) is 25.7 Å². The second-order valence-corrected chi connectivity index (χ2v) is 8.41. The van der Waals surface area contributed by atoms with Gasteiger partial charge in [-0.1, -0.05) is 0 Å². The van der Waals surface area contributed by atoms with Crippen LogP contribution >= 0.6 is 0 Å². The lowest BCUT2D eigenvalue weighted by Crippen LogP contribution is -2.20. The third-order valence-electron chi connectivity index (χ3n) is 5.74. The topological polar surface area (TPSA) is 124 Å². The lowest BCUT2D eigenvalue weighted by molar-refractivity contribution is 0.0994. The molecule has 3 heterocycles. The predicted molar refractivity (Wildman–Crippen MR) is 125 cm³/mol. The number of amides is 2. The third-order valence-corrected chi connectivity index (χ3v) is 5.74. The molecular formula is C24H23FN6O4. The summed E-state index contributed by atoms with van der Waals surface area (Å²) in [4.78, 5) is 37.4. The van der Waals surface area contributed by atoms with E-state index in [1.165, 1.54) is 24.4 Å². The van der Waals surface area contributed by atoms with E-state index in [1.54, 1.807) is 30.6 Å². The van der Waals surface area contributed by atoms with Crippen molar-refractivity contribution in [2.24, 2.45) is 0 Å². The number of halogens is 1. The molecule has 1 fully saturated rings. The molecule has 0 bridgehead atoms. The van der Waals surface area contributed by atoms with Gasteiger partial charge >= 0.3 is 6.09 Å². The van der Waals surface area contributed by atoms with E-state index in [9.17, 15) is 14.0 Å². The van der Waals surface area contributed by atoms with Gasteiger partial charge in [-0.05, 0) is 50.8 Å². The van der Waals surface area contributed by atoms with Crippen LogP contribution in [0.1, 0.15) is 47.8 Å². The molecule has 3 aromatic heterocycles. The molecular weight excluding hydrogens is 455 g/mol. The number of aromatic nitrogens is 4. The maximum absolute atomic E-state index is 14.7. The first-order chi connectivity index (χ1) is 16.9. The van der Waals surface area contributed by atoms with Crippen LogP contribution in [0.5, 0.6) is 0 Å². The molecule has 1 aliphatic rings. The zero-order chi connectivity index (χ0) is 24.5. The molecule has 1 aromatic carbocycles. The van der Waals surface area contributed by atoms with Crippen LogP contribution in [0.3, 0.4) is 0 Å². The van der Waals surface area contributed by atoms with Crippen molar-refractivity contribution in [2.45, 2.75) is 45.6 Å². The number of aryl methyl sites for hydroxylation is 2. The fourth-order valence-corrected chi connectivity index (χ4v) is 4.11. The van der Waals surface area contributed by atoms with Crippen LogP contribution in [-0.4, -0.2) is 37.5 Å². The maximum atomic E-state index is 14.7. The number of nitrogens with one attached hydrogen (secondary N) is 2. The number of carbonyl (C=O) groups is 2. The number of ether oxygens (including phenoxy) is 1. The number of hydrogen-bond donors (Lipinski definition) is 2. The smallest absolute Gasteiger partial charge is 0.411 e. The average molecular weight is 478 g/mol. The number of imidazole rings is 1. The largest absolute Gasteiger partial charge is 0.446 e. The van der Waals surface area contributed by atoms with Gasteiger partial charge in [0.25, 0.3) is 5.91 Å². The Morgan fingerprint density at radius 2 is 1.91 bits per heavy atom. The standard InChI is InChI=1S/C24H23FN6O4/c1-13-21(34-14(2)27-13)22(32)28-15-7-8-19(25)18(9-15)20-12-31-11-16(10-26-23(31)30-20)29-24(33)35-17-5-3-4-6-17/h7-12,17H,3-6H2,1-2H3,(H,28,32)(H,29,33). The Morgan fingerprint density at radius 3 is 2.66 bits per heavy atom.